The molecular formula is C17H20N4O3. The zero-order chi connectivity index (χ0) is 16.9. The van der Waals surface area contributed by atoms with E-state index in [0.717, 1.165) is 18.4 Å². The van der Waals surface area contributed by atoms with Gasteiger partial charge in [0.15, 0.2) is 0 Å². The van der Waals surface area contributed by atoms with Crippen LogP contribution in [0.1, 0.15) is 30.3 Å². The van der Waals surface area contributed by atoms with Crippen LogP contribution in [0.4, 0.5) is 0 Å². The lowest BCUT2D eigenvalue weighted by Crippen LogP contribution is -2.43. The summed E-state index contributed by atoms with van der Waals surface area (Å²) in [7, 11) is 0. The number of nitrogens with zero attached hydrogens (tertiary/aromatic N) is 3. The van der Waals surface area contributed by atoms with Gasteiger partial charge in [-0.3, -0.25) is 19.7 Å². The quantitative estimate of drug-likeness (QED) is 0.866. The van der Waals surface area contributed by atoms with Crippen LogP contribution < -0.4 is 0 Å². The van der Waals surface area contributed by atoms with E-state index in [1.54, 1.807) is 30.3 Å². The van der Waals surface area contributed by atoms with Gasteiger partial charge in [0.05, 0.1) is 18.2 Å². The highest BCUT2D eigenvalue weighted by molar-refractivity contribution is 5.93. The number of aromatic nitrogens is 3. The molecule has 0 radical (unpaired) electrons. The largest absolute Gasteiger partial charge is 0.466 e. The summed E-state index contributed by atoms with van der Waals surface area (Å²) >= 11 is 0. The van der Waals surface area contributed by atoms with E-state index in [0.29, 0.717) is 31.1 Å². The highest BCUT2D eigenvalue weighted by atomic mass is 16.5. The van der Waals surface area contributed by atoms with Crippen molar-refractivity contribution in [2.75, 3.05) is 19.7 Å². The van der Waals surface area contributed by atoms with Crippen LogP contribution in [0.25, 0.3) is 11.3 Å². The summed E-state index contributed by atoms with van der Waals surface area (Å²) in [6.07, 6.45) is 4.93. The first kappa shape index (κ1) is 16.2. The van der Waals surface area contributed by atoms with E-state index in [9.17, 15) is 9.59 Å². The number of rotatable bonds is 4. The Kier molecular flexibility index (Phi) is 4.88. The number of carbonyl (C=O) groups is 2. The molecule has 1 atom stereocenters. The summed E-state index contributed by atoms with van der Waals surface area (Å²) in [6, 6.07) is 5.42. The fourth-order valence-electron chi connectivity index (χ4n) is 2.88. The number of hydrogen-bond acceptors (Lipinski definition) is 5. The van der Waals surface area contributed by atoms with Gasteiger partial charge < -0.3 is 9.64 Å². The number of esters is 1. The molecule has 0 bridgehead atoms. The van der Waals surface area contributed by atoms with Crippen molar-refractivity contribution in [1.82, 2.24) is 20.1 Å². The van der Waals surface area contributed by atoms with Crippen molar-refractivity contribution in [3.05, 3.63) is 36.3 Å². The number of H-pyrrole nitrogens is 1. The zero-order valence-electron chi connectivity index (χ0n) is 13.6. The first-order valence-corrected chi connectivity index (χ1v) is 8.10. The fraction of sp³-hybridized carbons (Fsp3) is 0.412. The highest BCUT2D eigenvalue weighted by Crippen LogP contribution is 2.21. The maximum atomic E-state index is 12.7. The summed E-state index contributed by atoms with van der Waals surface area (Å²) in [5.41, 5.74) is 1.93. The summed E-state index contributed by atoms with van der Waals surface area (Å²) in [5.74, 6) is -0.620. The number of aromatic amines is 1. The molecule has 1 amide bonds. The van der Waals surface area contributed by atoms with Crippen LogP contribution >= 0.6 is 0 Å². The van der Waals surface area contributed by atoms with E-state index in [2.05, 4.69) is 15.2 Å². The van der Waals surface area contributed by atoms with Gasteiger partial charge in [-0.05, 0) is 38.0 Å². The summed E-state index contributed by atoms with van der Waals surface area (Å²) in [5, 5.41) is 6.97. The van der Waals surface area contributed by atoms with E-state index >= 15 is 0 Å². The van der Waals surface area contributed by atoms with Crippen molar-refractivity contribution < 1.29 is 14.3 Å². The van der Waals surface area contributed by atoms with Crippen LogP contribution in [0.15, 0.2) is 30.6 Å². The van der Waals surface area contributed by atoms with Gasteiger partial charge in [-0.1, -0.05) is 0 Å². The van der Waals surface area contributed by atoms with Gasteiger partial charge in [-0.25, -0.2) is 0 Å². The van der Waals surface area contributed by atoms with Gasteiger partial charge in [0, 0.05) is 31.0 Å². The van der Waals surface area contributed by atoms with Crippen molar-refractivity contribution in [2.24, 2.45) is 5.92 Å². The molecule has 1 fully saturated rings. The number of amides is 1. The molecule has 0 aliphatic carbocycles. The van der Waals surface area contributed by atoms with Crippen LogP contribution in [-0.2, 0) is 9.53 Å². The molecule has 2 aromatic rings. The third-order valence-corrected chi connectivity index (χ3v) is 4.09. The molecule has 0 saturated carbocycles. The molecule has 7 nitrogen and oxygen atoms in total. The number of pyridine rings is 1. The van der Waals surface area contributed by atoms with Crippen molar-refractivity contribution in [1.29, 1.82) is 0 Å². The van der Waals surface area contributed by atoms with E-state index in [4.69, 9.17) is 4.74 Å². The monoisotopic (exact) mass is 328 g/mol. The Bertz CT molecular complexity index is 714. The molecule has 3 heterocycles. The minimum Gasteiger partial charge on any atom is -0.466 e. The predicted octanol–water partition coefficient (Wildman–Crippen LogP) is 1.89. The molecule has 7 heteroatoms. The van der Waals surface area contributed by atoms with Gasteiger partial charge in [0.25, 0.3) is 5.91 Å². The van der Waals surface area contributed by atoms with Crippen molar-refractivity contribution in [2.45, 2.75) is 19.8 Å². The minimum atomic E-state index is -0.247. The van der Waals surface area contributed by atoms with Gasteiger partial charge in [0.1, 0.15) is 5.69 Å². The maximum Gasteiger partial charge on any atom is 0.310 e. The van der Waals surface area contributed by atoms with E-state index < -0.39 is 0 Å². The van der Waals surface area contributed by atoms with Gasteiger partial charge >= 0.3 is 5.97 Å². The molecular weight excluding hydrogens is 308 g/mol. The molecule has 2 aromatic heterocycles. The Hall–Kier alpha value is -2.70. The van der Waals surface area contributed by atoms with E-state index in [1.807, 2.05) is 12.1 Å². The Morgan fingerprint density at radius 1 is 1.46 bits per heavy atom. The van der Waals surface area contributed by atoms with Crippen LogP contribution in [0.2, 0.25) is 0 Å². The fourth-order valence-corrected chi connectivity index (χ4v) is 2.88. The smallest absolute Gasteiger partial charge is 0.310 e. The lowest BCUT2D eigenvalue weighted by molar-refractivity contribution is -0.149. The molecule has 0 unspecified atom stereocenters. The Morgan fingerprint density at radius 3 is 3.08 bits per heavy atom. The highest BCUT2D eigenvalue weighted by Gasteiger charge is 2.30. The first-order chi connectivity index (χ1) is 11.7. The Labute approximate surface area is 140 Å². The van der Waals surface area contributed by atoms with Crippen molar-refractivity contribution >= 4 is 11.9 Å². The number of nitrogens with one attached hydrogen (secondary N) is 1. The van der Waals surface area contributed by atoms with Gasteiger partial charge in [-0.2, -0.15) is 5.10 Å². The third kappa shape index (κ3) is 3.45. The summed E-state index contributed by atoms with van der Waals surface area (Å²) in [4.78, 5) is 30.3. The lowest BCUT2D eigenvalue weighted by atomic mass is 9.98. The van der Waals surface area contributed by atoms with Crippen LogP contribution in [-0.4, -0.2) is 51.7 Å². The zero-order valence-corrected chi connectivity index (χ0v) is 13.6. The Balaban J connectivity index is 1.70. The molecule has 1 N–H and O–H groups in total. The predicted molar refractivity (Wildman–Crippen MR) is 87.1 cm³/mol. The molecule has 1 aliphatic rings. The normalized spacial score (nSPS) is 17.5. The average Bonchev–Trinajstić information content (AvgIpc) is 3.12. The van der Waals surface area contributed by atoms with Gasteiger partial charge in [-0.15, -0.1) is 0 Å². The number of ether oxygens (including phenoxy) is 1. The van der Waals surface area contributed by atoms with Crippen molar-refractivity contribution in [3.8, 4) is 11.3 Å². The summed E-state index contributed by atoms with van der Waals surface area (Å²) in [6.45, 7) is 3.17. The van der Waals surface area contributed by atoms with E-state index in [1.165, 1.54) is 0 Å². The number of piperidine rings is 1. The maximum absolute atomic E-state index is 12.7. The second-order valence-electron chi connectivity index (χ2n) is 5.75. The standard InChI is InChI=1S/C17H20N4O3/c1-2-24-17(23)13-6-4-8-21(11-13)16(22)15-9-14(19-20-15)12-5-3-7-18-10-12/h3,5,7,9-10,13H,2,4,6,8,11H2,1H3,(H,19,20)/t13-/m0/s1. The van der Waals surface area contributed by atoms with E-state index in [-0.39, 0.29) is 17.8 Å². The lowest BCUT2D eigenvalue weighted by Gasteiger charge is -2.31. The molecule has 1 aliphatic heterocycles. The van der Waals surface area contributed by atoms with Crippen LogP contribution in [0, 0.1) is 5.92 Å². The van der Waals surface area contributed by atoms with Crippen molar-refractivity contribution in [3.63, 3.8) is 0 Å². The summed E-state index contributed by atoms with van der Waals surface area (Å²) < 4.78 is 5.07. The van der Waals surface area contributed by atoms with Gasteiger partial charge in [0.2, 0.25) is 0 Å². The third-order valence-electron chi connectivity index (χ3n) is 4.09. The molecule has 24 heavy (non-hydrogen) atoms. The van der Waals surface area contributed by atoms with Crippen LogP contribution in [0.5, 0.6) is 0 Å². The minimum absolute atomic E-state index is 0.147. The number of likely N-dealkylation sites (tertiary alicyclic amines) is 1. The topological polar surface area (TPSA) is 88.2 Å². The second kappa shape index (κ2) is 7.25. The van der Waals surface area contributed by atoms with Crippen LogP contribution in [0.3, 0.4) is 0 Å². The Morgan fingerprint density at radius 2 is 2.33 bits per heavy atom. The molecule has 1 saturated heterocycles. The molecule has 3 rings (SSSR count). The SMILES string of the molecule is CCOC(=O)[C@H]1CCCN(C(=O)c2cc(-c3cccnc3)n[nH]2)C1. The molecule has 0 spiro atoms. The molecule has 126 valence electrons. The number of carbonyl (C=O) groups excluding carboxylic acids is 2. The average molecular weight is 328 g/mol. The first-order valence-electron chi connectivity index (χ1n) is 8.10. The number of hydrogen-bond donors (Lipinski definition) is 1. The second-order valence-corrected chi connectivity index (χ2v) is 5.75. The molecule has 0 aromatic carbocycles.